The van der Waals surface area contributed by atoms with E-state index in [1.165, 1.54) is 17.7 Å². The smallest absolute Gasteiger partial charge is 0.332 e. The molecule has 0 saturated carbocycles. The van der Waals surface area contributed by atoms with E-state index in [1.54, 1.807) is 24.3 Å². The van der Waals surface area contributed by atoms with Gasteiger partial charge in [0.05, 0.1) is 24.4 Å². The summed E-state index contributed by atoms with van der Waals surface area (Å²) in [5.41, 5.74) is 6.46. The Morgan fingerprint density at radius 1 is 1.29 bits per heavy atom. The van der Waals surface area contributed by atoms with Crippen molar-refractivity contribution < 1.29 is 28.2 Å². The minimum Gasteiger partial charge on any atom is -0.454 e. The predicted molar refractivity (Wildman–Crippen MR) is 117 cm³/mol. The summed E-state index contributed by atoms with van der Waals surface area (Å²) < 4.78 is 33.2. The van der Waals surface area contributed by atoms with Gasteiger partial charge in [-0.05, 0) is 17.7 Å². The summed E-state index contributed by atoms with van der Waals surface area (Å²) in [4.78, 5) is 45.1. The molecule has 1 fully saturated rings. The van der Waals surface area contributed by atoms with Crippen LogP contribution in [0.5, 0.6) is 0 Å². The summed E-state index contributed by atoms with van der Waals surface area (Å²) in [7, 11) is 0. The number of nitrogen functional groups attached to an aromatic ring is 1. The number of imidazole rings is 1. The maximum Gasteiger partial charge on any atom is 0.332 e. The number of alkyl halides is 1. The molecular weight excluding hydrogens is 463 g/mol. The quantitative estimate of drug-likeness (QED) is 0.502. The molecule has 0 radical (unpaired) electrons. The Kier molecular flexibility index (Phi) is 6.48. The molecule has 182 valence electrons. The van der Waals surface area contributed by atoms with Crippen LogP contribution in [-0.4, -0.2) is 49.6 Å². The number of nitrogens with two attached hydrogens (primary N) is 1. The highest BCUT2D eigenvalue weighted by atomic mass is 19.1. The van der Waals surface area contributed by atoms with Crippen LogP contribution in [0.2, 0.25) is 0 Å². The number of nitriles is 1. The van der Waals surface area contributed by atoms with E-state index in [9.17, 15) is 14.4 Å². The molecule has 3 aromatic rings. The molecule has 35 heavy (non-hydrogen) atoms. The topological polar surface area (TPSA) is 164 Å². The van der Waals surface area contributed by atoms with Gasteiger partial charge in [-0.1, -0.05) is 19.1 Å². The first-order valence-electron chi connectivity index (χ1n) is 10.6. The normalized spacial score (nSPS) is 21.5. The average molecular weight is 484 g/mol. The summed E-state index contributed by atoms with van der Waals surface area (Å²) in [5.74, 6) is -1.71. The second kappa shape index (κ2) is 9.51. The van der Waals surface area contributed by atoms with Gasteiger partial charge in [-0.3, -0.25) is 14.2 Å². The van der Waals surface area contributed by atoms with E-state index < -0.39 is 42.4 Å². The number of esters is 2. The van der Waals surface area contributed by atoms with Crippen molar-refractivity contribution in [3.63, 3.8) is 0 Å². The molecule has 0 unspecified atom stereocenters. The highest BCUT2D eigenvalue weighted by molar-refractivity contribution is 5.72. The third-order valence-electron chi connectivity index (χ3n) is 5.37. The van der Waals surface area contributed by atoms with E-state index in [0.29, 0.717) is 11.1 Å². The minimum atomic E-state index is -2.07. The van der Waals surface area contributed by atoms with E-state index in [4.69, 9.17) is 25.2 Å². The highest BCUT2D eigenvalue weighted by Crippen LogP contribution is 2.35. The number of fused-ring (bicyclic) bond motifs is 1. The lowest BCUT2D eigenvalue weighted by atomic mass is 10.1. The van der Waals surface area contributed by atoms with Crippen LogP contribution in [-0.2, 0) is 30.3 Å². The SMILES string of the molecule is CCC(=O)O[C@H]1O[C@@H](n2c(=O)n(Cc3ccc(C#N)cc3)c3cnc(N)nc32)[C@H](OC(C)=O)[C@H]1F. The van der Waals surface area contributed by atoms with Crippen LogP contribution < -0.4 is 11.4 Å². The van der Waals surface area contributed by atoms with Crippen molar-refractivity contribution in [1.82, 2.24) is 19.1 Å². The Hall–Kier alpha value is -4.31. The molecule has 0 aliphatic carbocycles. The number of nitrogens with zero attached hydrogens (tertiary/aromatic N) is 5. The Balaban J connectivity index is 1.82. The standard InChI is InChI=1S/C22H21FN6O6/c1-3-15(31)34-20-16(23)17(33-11(2)30)19(35-20)29-18-14(9-26-21(25)27-18)28(22(29)32)10-13-6-4-12(8-24)5-7-13/h4-7,9,16-17,19-20H,3,10H2,1-2H3,(H2,25,26,27)/t16-,17-,19-,20+/m1/s1. The number of hydrogen-bond donors (Lipinski definition) is 1. The number of aromatic nitrogens is 4. The van der Waals surface area contributed by atoms with Gasteiger partial charge in [0.1, 0.15) is 5.52 Å². The molecule has 4 atom stereocenters. The molecule has 1 aliphatic rings. The molecule has 0 amide bonds. The van der Waals surface area contributed by atoms with E-state index in [1.807, 2.05) is 6.07 Å². The maximum absolute atomic E-state index is 15.2. The Bertz CT molecular complexity index is 1380. The third kappa shape index (κ3) is 4.56. The van der Waals surface area contributed by atoms with Gasteiger partial charge in [0.15, 0.2) is 18.0 Å². The number of hydrogen-bond acceptors (Lipinski definition) is 10. The van der Waals surface area contributed by atoms with Crippen LogP contribution in [0.15, 0.2) is 35.3 Å². The van der Waals surface area contributed by atoms with Crippen molar-refractivity contribution in [2.24, 2.45) is 0 Å². The zero-order valence-corrected chi connectivity index (χ0v) is 18.8. The van der Waals surface area contributed by atoms with Crippen LogP contribution in [0.4, 0.5) is 10.3 Å². The number of rotatable bonds is 6. The molecule has 2 aromatic heterocycles. The van der Waals surface area contributed by atoms with Gasteiger partial charge in [0, 0.05) is 13.3 Å². The van der Waals surface area contributed by atoms with E-state index in [0.717, 1.165) is 11.5 Å². The van der Waals surface area contributed by atoms with Gasteiger partial charge in [-0.15, -0.1) is 0 Å². The summed E-state index contributed by atoms with van der Waals surface area (Å²) in [5, 5.41) is 9.01. The van der Waals surface area contributed by atoms with E-state index in [2.05, 4.69) is 9.97 Å². The number of benzene rings is 1. The molecule has 4 rings (SSSR count). The molecule has 2 N–H and O–H groups in total. The monoisotopic (exact) mass is 484 g/mol. The van der Waals surface area contributed by atoms with Gasteiger partial charge >= 0.3 is 17.6 Å². The van der Waals surface area contributed by atoms with Gasteiger partial charge in [-0.25, -0.2) is 18.7 Å². The van der Waals surface area contributed by atoms with Crippen molar-refractivity contribution in [1.29, 1.82) is 5.26 Å². The second-order valence-electron chi connectivity index (χ2n) is 7.74. The minimum absolute atomic E-state index is 0.00738. The van der Waals surface area contributed by atoms with Gasteiger partial charge in [-0.2, -0.15) is 10.2 Å². The molecular formula is C22H21FN6O6. The van der Waals surface area contributed by atoms with Crippen LogP contribution in [0.1, 0.15) is 37.6 Å². The fourth-order valence-electron chi connectivity index (χ4n) is 3.75. The molecule has 0 bridgehead atoms. The lowest BCUT2D eigenvalue weighted by molar-refractivity contribution is -0.188. The third-order valence-corrected chi connectivity index (χ3v) is 5.37. The van der Waals surface area contributed by atoms with Gasteiger partial charge < -0.3 is 19.9 Å². The Morgan fingerprint density at radius 3 is 2.63 bits per heavy atom. The van der Waals surface area contributed by atoms with Crippen LogP contribution in [0, 0.1) is 11.3 Å². The molecule has 3 heterocycles. The number of carbonyl (C=O) groups is 2. The maximum atomic E-state index is 15.2. The zero-order chi connectivity index (χ0) is 25.3. The fourth-order valence-corrected chi connectivity index (χ4v) is 3.75. The van der Waals surface area contributed by atoms with E-state index >= 15 is 4.39 Å². The predicted octanol–water partition coefficient (Wildman–Crippen LogP) is 1.17. The van der Waals surface area contributed by atoms with Crippen molar-refractivity contribution >= 4 is 29.1 Å². The van der Waals surface area contributed by atoms with Crippen LogP contribution in [0.3, 0.4) is 0 Å². The number of halogens is 1. The number of anilines is 1. The number of ether oxygens (including phenoxy) is 3. The highest BCUT2D eigenvalue weighted by Gasteiger charge is 2.51. The van der Waals surface area contributed by atoms with Crippen molar-refractivity contribution in [3.05, 3.63) is 52.1 Å². The van der Waals surface area contributed by atoms with Crippen molar-refractivity contribution in [3.8, 4) is 6.07 Å². The second-order valence-corrected chi connectivity index (χ2v) is 7.74. The first-order valence-corrected chi connectivity index (χ1v) is 10.6. The molecule has 12 nitrogen and oxygen atoms in total. The van der Waals surface area contributed by atoms with E-state index in [-0.39, 0.29) is 30.1 Å². The largest absolute Gasteiger partial charge is 0.454 e. The summed E-state index contributed by atoms with van der Waals surface area (Å²) >= 11 is 0. The average Bonchev–Trinajstić information content (AvgIpc) is 3.26. The lowest BCUT2D eigenvalue weighted by Gasteiger charge is -2.19. The molecule has 0 spiro atoms. The van der Waals surface area contributed by atoms with Gasteiger partial charge in [0.2, 0.25) is 18.4 Å². The molecule has 13 heteroatoms. The van der Waals surface area contributed by atoms with Crippen LogP contribution >= 0.6 is 0 Å². The first kappa shape index (κ1) is 23.8. The van der Waals surface area contributed by atoms with Crippen LogP contribution in [0.25, 0.3) is 11.2 Å². The fraction of sp³-hybridized carbons (Fsp3) is 0.364. The lowest BCUT2D eigenvalue weighted by Crippen LogP contribution is -2.37. The van der Waals surface area contributed by atoms with Crippen molar-refractivity contribution in [2.75, 3.05) is 5.73 Å². The Labute approximate surface area is 197 Å². The summed E-state index contributed by atoms with van der Waals surface area (Å²) in [6, 6.07) is 8.58. The zero-order valence-electron chi connectivity index (χ0n) is 18.8. The first-order chi connectivity index (χ1) is 16.7. The molecule has 1 saturated heterocycles. The van der Waals surface area contributed by atoms with Crippen molar-refractivity contribution in [2.45, 2.75) is 51.6 Å². The Morgan fingerprint density at radius 2 is 2.00 bits per heavy atom. The molecule has 1 aliphatic heterocycles. The van der Waals surface area contributed by atoms with Gasteiger partial charge in [0.25, 0.3) is 0 Å². The number of carbonyl (C=O) groups excluding carboxylic acids is 2. The molecule has 1 aromatic carbocycles. The summed E-state index contributed by atoms with van der Waals surface area (Å²) in [6.45, 7) is 2.65. The summed E-state index contributed by atoms with van der Waals surface area (Å²) in [6.07, 6.45) is -5.60.